The Morgan fingerprint density at radius 1 is 0.951 bits per heavy atom. The van der Waals surface area contributed by atoms with Gasteiger partial charge in [-0.2, -0.15) is 0 Å². The molecule has 0 saturated carbocycles. The Bertz CT molecular complexity index is 2220. The monoisotopic (exact) mass is 560 g/mol. The van der Waals surface area contributed by atoms with Gasteiger partial charge in [-0.1, -0.05) is 54.1 Å². The third-order valence-corrected chi connectivity index (χ3v) is 7.55. The lowest BCUT2D eigenvalue weighted by atomic mass is 9.97. The molecule has 0 aliphatic heterocycles. The minimum Gasteiger partial charge on any atom is -0.443 e. The predicted octanol–water partition coefficient (Wildman–Crippen LogP) is 6.26. The van der Waals surface area contributed by atoms with Crippen LogP contribution in [0.25, 0.3) is 49.7 Å². The summed E-state index contributed by atoms with van der Waals surface area (Å²) in [7, 11) is 0. The van der Waals surface area contributed by atoms with E-state index in [4.69, 9.17) is 16.0 Å². The molecule has 9 nitrogen and oxygen atoms in total. The molecule has 7 rings (SSSR count). The molecular formula is C31H21ClN6O3. The molecule has 7 aromatic rings. The lowest BCUT2D eigenvalue weighted by molar-refractivity contribution is 0.602. The highest BCUT2D eigenvalue weighted by Gasteiger charge is 2.24. The van der Waals surface area contributed by atoms with E-state index in [1.165, 1.54) is 25.0 Å². The van der Waals surface area contributed by atoms with Crippen molar-refractivity contribution in [2.24, 2.45) is 0 Å². The molecule has 0 aliphatic rings. The first-order chi connectivity index (χ1) is 20.0. The number of H-pyrrole nitrogens is 1. The van der Waals surface area contributed by atoms with E-state index in [1.807, 2.05) is 73.7 Å². The summed E-state index contributed by atoms with van der Waals surface area (Å²) in [6, 6.07) is 21.5. The first-order valence-corrected chi connectivity index (χ1v) is 13.2. The van der Waals surface area contributed by atoms with E-state index in [1.54, 1.807) is 4.57 Å². The second-order valence-corrected chi connectivity index (χ2v) is 9.97. The number of para-hydroxylation sites is 1. The molecule has 3 aromatic carbocycles. The van der Waals surface area contributed by atoms with Crippen molar-refractivity contribution in [3.8, 4) is 16.8 Å². The Hall–Kier alpha value is -5.28. The molecule has 4 aromatic heterocycles. The van der Waals surface area contributed by atoms with Crippen molar-refractivity contribution in [2.45, 2.75) is 13.0 Å². The summed E-state index contributed by atoms with van der Waals surface area (Å²) in [6.45, 7) is 1.87. The third kappa shape index (κ3) is 4.06. The summed E-state index contributed by atoms with van der Waals surface area (Å²) >= 11 is 7.19. The van der Waals surface area contributed by atoms with Crippen LogP contribution in [0, 0.1) is 0 Å². The first-order valence-electron chi connectivity index (χ1n) is 12.9. The summed E-state index contributed by atoms with van der Waals surface area (Å²) in [6.07, 6.45) is 4.31. The molecular weight excluding hydrogens is 540 g/mol. The van der Waals surface area contributed by atoms with Crippen LogP contribution in [-0.2, 0) is 0 Å². The Balaban J connectivity index is 1.48. The number of hydrogen-bond donors (Lipinski definition) is 2. The van der Waals surface area contributed by atoms with Gasteiger partial charge in [0.25, 0.3) is 5.56 Å². The van der Waals surface area contributed by atoms with Crippen molar-refractivity contribution in [2.75, 3.05) is 5.32 Å². The number of nitrogens with zero attached hydrogens (tertiary/aromatic N) is 4. The van der Waals surface area contributed by atoms with Gasteiger partial charge in [0, 0.05) is 23.3 Å². The molecule has 0 aliphatic carbocycles. The third-order valence-electron chi connectivity index (χ3n) is 7.15. The standard InChI is InChI=1S/C31H21ClN6O3/c1-17(37-30-26-23(39)12-13-33-29(26)34-15-35-30)28-27(32)21-9-5-8-20(18-10-11-24-22(14-18)36-16-41-24)25(21)31(40)38(28)19-6-3-2-4-7-19/h2-17H,1H3,(H2,33,34,35,37,39). The molecule has 0 spiro atoms. The normalized spacial score (nSPS) is 12.2. The maximum atomic E-state index is 14.5. The fourth-order valence-electron chi connectivity index (χ4n) is 5.30. The van der Waals surface area contributed by atoms with Crippen molar-refractivity contribution in [3.63, 3.8) is 0 Å². The fraction of sp³-hybridized carbons (Fsp3) is 0.0645. The van der Waals surface area contributed by atoms with Crippen molar-refractivity contribution >= 4 is 50.3 Å². The molecule has 0 fully saturated rings. The van der Waals surface area contributed by atoms with E-state index in [0.29, 0.717) is 55.1 Å². The van der Waals surface area contributed by atoms with Gasteiger partial charge in [-0.15, -0.1) is 0 Å². The molecule has 0 radical (unpaired) electrons. The van der Waals surface area contributed by atoms with Gasteiger partial charge < -0.3 is 14.7 Å². The number of aromatic nitrogens is 5. The maximum absolute atomic E-state index is 14.5. The van der Waals surface area contributed by atoms with E-state index in [0.717, 1.165) is 11.1 Å². The quantitative estimate of drug-likeness (QED) is 0.255. The number of rotatable bonds is 5. The van der Waals surface area contributed by atoms with Gasteiger partial charge in [0.05, 0.1) is 22.1 Å². The number of fused-ring (bicyclic) bond motifs is 3. The van der Waals surface area contributed by atoms with Gasteiger partial charge in [0.15, 0.2) is 17.4 Å². The molecule has 0 saturated heterocycles. The average molecular weight is 561 g/mol. The summed E-state index contributed by atoms with van der Waals surface area (Å²) in [4.78, 5) is 43.0. The van der Waals surface area contributed by atoms with Crippen LogP contribution in [-0.4, -0.2) is 24.5 Å². The molecule has 1 unspecified atom stereocenters. The number of benzene rings is 3. The zero-order valence-corrected chi connectivity index (χ0v) is 22.4. The predicted molar refractivity (Wildman–Crippen MR) is 160 cm³/mol. The van der Waals surface area contributed by atoms with Gasteiger partial charge in [-0.25, -0.2) is 15.0 Å². The van der Waals surface area contributed by atoms with E-state index in [2.05, 4.69) is 25.3 Å². The summed E-state index contributed by atoms with van der Waals surface area (Å²) < 4.78 is 7.02. The van der Waals surface area contributed by atoms with Crippen LogP contribution in [0.4, 0.5) is 5.82 Å². The molecule has 2 N–H and O–H groups in total. The number of pyridine rings is 2. The maximum Gasteiger partial charge on any atom is 0.263 e. The van der Waals surface area contributed by atoms with Crippen LogP contribution in [0.1, 0.15) is 18.7 Å². The molecule has 4 heterocycles. The number of halogens is 1. The smallest absolute Gasteiger partial charge is 0.263 e. The number of aromatic amines is 1. The molecule has 0 bridgehead atoms. The summed E-state index contributed by atoms with van der Waals surface area (Å²) in [5.74, 6) is 0.335. The van der Waals surface area contributed by atoms with E-state index in [-0.39, 0.29) is 11.0 Å². The molecule has 200 valence electrons. The van der Waals surface area contributed by atoms with Gasteiger partial charge >= 0.3 is 0 Å². The molecule has 1 atom stereocenters. The van der Waals surface area contributed by atoms with E-state index >= 15 is 0 Å². The Labute approximate surface area is 237 Å². The molecule has 0 amide bonds. The highest BCUT2D eigenvalue weighted by Crippen LogP contribution is 2.37. The highest BCUT2D eigenvalue weighted by molar-refractivity contribution is 6.36. The minimum atomic E-state index is -0.535. The Kier molecular flexibility index (Phi) is 5.87. The topological polar surface area (TPSA) is 119 Å². The Morgan fingerprint density at radius 2 is 1.80 bits per heavy atom. The minimum absolute atomic E-state index is 0.229. The zero-order chi connectivity index (χ0) is 28.1. The first kappa shape index (κ1) is 24.7. The van der Waals surface area contributed by atoms with Gasteiger partial charge in [-0.05, 0) is 42.3 Å². The number of hydrogen-bond acceptors (Lipinski definition) is 7. The van der Waals surface area contributed by atoms with Crippen LogP contribution in [0.2, 0.25) is 5.02 Å². The van der Waals surface area contributed by atoms with Crippen LogP contribution in [0.15, 0.2) is 106 Å². The zero-order valence-electron chi connectivity index (χ0n) is 21.6. The lowest BCUT2D eigenvalue weighted by Gasteiger charge is -2.24. The van der Waals surface area contributed by atoms with E-state index < -0.39 is 6.04 Å². The Morgan fingerprint density at radius 3 is 2.66 bits per heavy atom. The van der Waals surface area contributed by atoms with Crippen LogP contribution in [0.3, 0.4) is 0 Å². The van der Waals surface area contributed by atoms with Crippen molar-refractivity contribution in [1.82, 2.24) is 24.5 Å². The van der Waals surface area contributed by atoms with Gasteiger partial charge in [-0.3, -0.25) is 14.2 Å². The number of oxazole rings is 1. The molecule has 10 heteroatoms. The lowest BCUT2D eigenvalue weighted by Crippen LogP contribution is -2.27. The largest absolute Gasteiger partial charge is 0.443 e. The SMILES string of the molecule is CC(Nc1ncnc2[nH]ccc(=O)c12)c1c(Cl)c2cccc(-c3ccc4ocnc4c3)c2c(=O)n1-c1ccccc1. The van der Waals surface area contributed by atoms with Gasteiger partial charge in [0.2, 0.25) is 0 Å². The van der Waals surface area contributed by atoms with Crippen molar-refractivity contribution in [3.05, 3.63) is 123 Å². The van der Waals surface area contributed by atoms with Crippen LogP contribution < -0.4 is 16.3 Å². The average Bonchev–Trinajstić information content (AvgIpc) is 3.47. The van der Waals surface area contributed by atoms with Crippen LogP contribution >= 0.6 is 11.6 Å². The van der Waals surface area contributed by atoms with Gasteiger partial charge in [0.1, 0.15) is 28.7 Å². The van der Waals surface area contributed by atoms with Crippen molar-refractivity contribution < 1.29 is 4.42 Å². The second-order valence-electron chi connectivity index (χ2n) is 9.59. The summed E-state index contributed by atoms with van der Waals surface area (Å²) in [5.41, 5.74) is 4.01. The van der Waals surface area contributed by atoms with Crippen LogP contribution in [0.5, 0.6) is 0 Å². The molecule has 41 heavy (non-hydrogen) atoms. The highest BCUT2D eigenvalue weighted by atomic mass is 35.5. The number of anilines is 1. The summed E-state index contributed by atoms with van der Waals surface area (Å²) in [5, 5.41) is 5.12. The van der Waals surface area contributed by atoms with Crippen molar-refractivity contribution in [1.29, 1.82) is 0 Å². The second kappa shape index (κ2) is 9.72. The number of nitrogens with one attached hydrogen (secondary N) is 2. The fourth-order valence-corrected chi connectivity index (χ4v) is 5.70. The van der Waals surface area contributed by atoms with E-state index in [9.17, 15) is 9.59 Å².